The second-order valence-electron chi connectivity index (χ2n) is 1.28. The third-order valence-electron chi connectivity index (χ3n) is 0.577. The molecule has 0 bridgehead atoms. The maximum atomic E-state index is 9.72. The summed E-state index contributed by atoms with van der Waals surface area (Å²) in [7, 11) is 0. The molecule has 0 rings (SSSR count). The van der Waals surface area contributed by atoms with Gasteiger partial charge in [0.25, 0.3) is 0 Å². The molecule has 0 aromatic heterocycles. The van der Waals surface area contributed by atoms with Gasteiger partial charge in [-0.3, -0.25) is 0 Å². The van der Waals surface area contributed by atoms with Crippen LogP contribution < -0.4 is 56.5 Å². The summed E-state index contributed by atoms with van der Waals surface area (Å²) >= 11 is 3.61. The Balaban J connectivity index is 0. The number of allylic oxidation sites excluding steroid dienone is 1. The molecule has 0 aliphatic rings. The SMILES string of the molecule is N#C/C(S)=C\CC(=O)[O-].[K+]. The number of hydrogen-bond acceptors (Lipinski definition) is 4. The van der Waals surface area contributed by atoms with Crippen molar-refractivity contribution in [1.29, 1.82) is 5.26 Å². The van der Waals surface area contributed by atoms with Crippen LogP contribution in [-0.2, 0) is 4.79 Å². The van der Waals surface area contributed by atoms with Gasteiger partial charge < -0.3 is 9.90 Å². The molecule has 3 nitrogen and oxygen atoms in total. The Hall–Kier alpha value is 0.686. The predicted octanol–water partition coefficient (Wildman–Crippen LogP) is -3.53. The minimum atomic E-state index is -1.21. The van der Waals surface area contributed by atoms with Crippen molar-refractivity contribution < 1.29 is 61.3 Å². The van der Waals surface area contributed by atoms with Gasteiger partial charge in [0, 0.05) is 12.4 Å². The van der Waals surface area contributed by atoms with Gasteiger partial charge in [0.15, 0.2) is 0 Å². The Kier molecular flexibility index (Phi) is 10.4. The van der Waals surface area contributed by atoms with Crippen LogP contribution in [0.5, 0.6) is 0 Å². The molecular formula is C5H4KNO2S. The molecule has 0 aromatic rings. The number of nitrogens with zero attached hydrogens (tertiary/aromatic N) is 1. The Labute approximate surface area is 107 Å². The summed E-state index contributed by atoms with van der Waals surface area (Å²) in [5.41, 5.74) is 0. The fourth-order valence-corrected chi connectivity index (χ4v) is 0.317. The zero-order valence-corrected chi connectivity index (χ0v) is 9.51. The molecule has 0 fully saturated rings. The molecule has 0 unspecified atom stereocenters. The van der Waals surface area contributed by atoms with Gasteiger partial charge in [-0.05, 0) is 0 Å². The first kappa shape index (κ1) is 13.3. The van der Waals surface area contributed by atoms with Gasteiger partial charge in [-0.1, -0.05) is 6.08 Å². The Morgan fingerprint density at radius 2 is 2.30 bits per heavy atom. The second-order valence-corrected chi connectivity index (χ2v) is 1.76. The molecule has 0 radical (unpaired) electrons. The minimum Gasteiger partial charge on any atom is -0.550 e. The number of carboxylic acid groups (broad SMARTS) is 1. The van der Waals surface area contributed by atoms with Crippen molar-refractivity contribution in [3.05, 3.63) is 11.0 Å². The molecule has 0 aliphatic heterocycles. The smallest absolute Gasteiger partial charge is 0.550 e. The van der Waals surface area contributed by atoms with E-state index in [0.717, 1.165) is 0 Å². The van der Waals surface area contributed by atoms with Crippen molar-refractivity contribution in [2.75, 3.05) is 0 Å². The summed E-state index contributed by atoms with van der Waals surface area (Å²) in [5, 5.41) is 17.8. The van der Waals surface area contributed by atoms with Crippen LogP contribution in [0.4, 0.5) is 0 Å². The largest absolute Gasteiger partial charge is 1.00 e. The predicted molar refractivity (Wildman–Crippen MR) is 32.3 cm³/mol. The van der Waals surface area contributed by atoms with Crippen molar-refractivity contribution in [3.63, 3.8) is 0 Å². The van der Waals surface area contributed by atoms with E-state index in [0.29, 0.717) is 0 Å². The number of carbonyl (C=O) groups excluding carboxylic acids is 1. The molecule has 0 aliphatic carbocycles. The Bertz CT molecular complexity index is 185. The van der Waals surface area contributed by atoms with Crippen LogP contribution >= 0.6 is 12.6 Å². The number of hydrogen-bond donors (Lipinski definition) is 1. The first-order valence-corrected chi connectivity index (χ1v) is 2.60. The number of carbonyl (C=O) groups is 1. The van der Waals surface area contributed by atoms with E-state index in [9.17, 15) is 9.90 Å². The molecule has 0 heterocycles. The molecule has 0 amide bonds. The molecular weight excluding hydrogens is 177 g/mol. The summed E-state index contributed by atoms with van der Waals surface area (Å²) in [6.07, 6.45) is 0.921. The number of aliphatic carboxylic acids is 1. The molecule has 0 N–H and O–H groups in total. The molecule has 0 saturated heterocycles. The quantitative estimate of drug-likeness (QED) is 0.273. The van der Waals surface area contributed by atoms with E-state index in [1.807, 2.05) is 0 Å². The second kappa shape index (κ2) is 7.79. The number of rotatable bonds is 2. The van der Waals surface area contributed by atoms with Crippen molar-refractivity contribution in [2.45, 2.75) is 6.42 Å². The molecule has 0 aromatic carbocycles. The van der Waals surface area contributed by atoms with E-state index in [4.69, 9.17) is 5.26 Å². The van der Waals surface area contributed by atoms with Gasteiger partial charge in [0.05, 0.1) is 4.91 Å². The van der Waals surface area contributed by atoms with Gasteiger partial charge in [0.2, 0.25) is 0 Å². The maximum Gasteiger partial charge on any atom is 1.00 e. The van der Waals surface area contributed by atoms with Crippen LogP contribution in [-0.4, -0.2) is 5.97 Å². The van der Waals surface area contributed by atoms with Crippen molar-refractivity contribution in [3.8, 4) is 6.07 Å². The van der Waals surface area contributed by atoms with Crippen molar-refractivity contribution in [2.24, 2.45) is 0 Å². The van der Waals surface area contributed by atoms with Crippen LogP contribution in [0, 0.1) is 11.3 Å². The Morgan fingerprint density at radius 3 is 2.60 bits per heavy atom. The summed E-state index contributed by atoms with van der Waals surface area (Å²) in [6.45, 7) is 0. The fourth-order valence-electron chi connectivity index (χ4n) is 0.226. The minimum absolute atomic E-state index is 0. The first-order chi connectivity index (χ1) is 4.16. The van der Waals surface area contributed by atoms with Crippen LogP contribution in [0.1, 0.15) is 6.42 Å². The fraction of sp³-hybridized carbons (Fsp3) is 0.200. The van der Waals surface area contributed by atoms with Crippen LogP contribution in [0.3, 0.4) is 0 Å². The van der Waals surface area contributed by atoms with E-state index in [1.54, 1.807) is 6.07 Å². The monoisotopic (exact) mass is 181 g/mol. The summed E-state index contributed by atoms with van der Waals surface area (Å²) in [5.74, 6) is -1.21. The summed E-state index contributed by atoms with van der Waals surface area (Å²) in [4.78, 5) is 9.82. The zero-order valence-electron chi connectivity index (χ0n) is 5.50. The third-order valence-corrected chi connectivity index (χ3v) is 0.859. The molecule has 0 atom stereocenters. The topological polar surface area (TPSA) is 63.9 Å². The normalized spacial score (nSPS) is 9.40. The van der Waals surface area contributed by atoms with Gasteiger partial charge in [-0.25, -0.2) is 0 Å². The maximum absolute atomic E-state index is 9.72. The first-order valence-electron chi connectivity index (χ1n) is 2.16. The third kappa shape index (κ3) is 8.69. The summed E-state index contributed by atoms with van der Waals surface area (Å²) in [6, 6.07) is 1.65. The standard InChI is InChI=1S/C5H5NO2S.K/c6-3-4(9)1-2-5(7)8;/h1,9H,2H2,(H,7,8);/q;+1/p-1/b4-1+;. The zero-order chi connectivity index (χ0) is 7.28. The average Bonchev–Trinajstić information content (AvgIpc) is 1.83. The number of thiol groups is 1. The van der Waals surface area contributed by atoms with E-state index in [1.165, 1.54) is 6.08 Å². The molecule has 5 heteroatoms. The van der Waals surface area contributed by atoms with Crippen molar-refractivity contribution >= 4 is 18.6 Å². The summed E-state index contributed by atoms with van der Waals surface area (Å²) < 4.78 is 0. The molecule has 0 saturated carbocycles. The van der Waals surface area contributed by atoms with E-state index in [2.05, 4.69) is 12.6 Å². The van der Waals surface area contributed by atoms with Crippen molar-refractivity contribution in [1.82, 2.24) is 0 Å². The average molecular weight is 181 g/mol. The van der Waals surface area contributed by atoms with E-state index >= 15 is 0 Å². The van der Waals surface area contributed by atoms with E-state index < -0.39 is 5.97 Å². The molecule has 0 spiro atoms. The molecule has 10 heavy (non-hydrogen) atoms. The number of nitriles is 1. The van der Waals surface area contributed by atoms with Crippen LogP contribution in [0.15, 0.2) is 11.0 Å². The van der Waals surface area contributed by atoms with Gasteiger partial charge in [-0.15, -0.1) is 12.6 Å². The molecule has 48 valence electrons. The Morgan fingerprint density at radius 1 is 1.80 bits per heavy atom. The van der Waals surface area contributed by atoms with Gasteiger partial charge in [-0.2, -0.15) is 5.26 Å². The van der Waals surface area contributed by atoms with Gasteiger partial charge >= 0.3 is 51.4 Å². The number of carboxylic acids is 1. The van der Waals surface area contributed by atoms with Crippen LogP contribution in [0.25, 0.3) is 0 Å². The van der Waals surface area contributed by atoms with E-state index in [-0.39, 0.29) is 62.7 Å². The van der Waals surface area contributed by atoms with Crippen LogP contribution in [0.2, 0.25) is 0 Å². The van der Waals surface area contributed by atoms with Gasteiger partial charge in [0.1, 0.15) is 6.07 Å².